The van der Waals surface area contributed by atoms with E-state index in [4.69, 9.17) is 4.74 Å². The van der Waals surface area contributed by atoms with E-state index < -0.39 is 27.4 Å². The average Bonchev–Trinajstić information content (AvgIpc) is 2.68. The summed E-state index contributed by atoms with van der Waals surface area (Å²) in [6, 6.07) is 8.09. The molecule has 1 heterocycles. The first-order chi connectivity index (χ1) is 9.88. The highest BCUT2D eigenvalue weighted by Gasteiger charge is 2.30. The highest BCUT2D eigenvalue weighted by atomic mass is 79.9. The largest absolute Gasteiger partial charge is 0.434 e. The molecule has 0 saturated carbocycles. The van der Waals surface area contributed by atoms with Crippen molar-refractivity contribution in [2.45, 2.75) is 4.90 Å². The van der Waals surface area contributed by atoms with Gasteiger partial charge in [-0.15, -0.1) is 4.40 Å². The number of nitrogens with zero attached hydrogens (tertiary/aromatic N) is 1. The first-order valence-electron chi connectivity index (χ1n) is 5.65. The molecular weight excluding hydrogens is 368 g/mol. The molecule has 0 atom stereocenters. The summed E-state index contributed by atoms with van der Waals surface area (Å²) in [5.41, 5.74) is 0.206. The molecule has 0 aliphatic carbocycles. The van der Waals surface area contributed by atoms with Crippen molar-refractivity contribution in [3.05, 3.63) is 58.1 Å². The van der Waals surface area contributed by atoms with Gasteiger partial charge in [0, 0.05) is 4.47 Å². The van der Waals surface area contributed by atoms with Crippen LogP contribution < -0.4 is 4.74 Å². The van der Waals surface area contributed by atoms with Crippen LogP contribution in [0, 0.1) is 11.6 Å². The average molecular weight is 374 g/mol. The number of fused-ring (bicyclic) bond motifs is 1. The summed E-state index contributed by atoms with van der Waals surface area (Å²) >= 11 is 3.01. The van der Waals surface area contributed by atoms with Gasteiger partial charge in [0.15, 0.2) is 11.6 Å². The quantitative estimate of drug-likeness (QED) is 0.721. The molecule has 3 rings (SSSR count). The minimum atomic E-state index is -3.87. The van der Waals surface area contributed by atoms with E-state index >= 15 is 0 Å². The maximum atomic E-state index is 13.7. The van der Waals surface area contributed by atoms with Crippen molar-refractivity contribution in [2.75, 3.05) is 0 Å². The molecule has 0 saturated heterocycles. The second kappa shape index (κ2) is 4.88. The number of halogens is 3. The monoisotopic (exact) mass is 373 g/mol. The van der Waals surface area contributed by atoms with Crippen LogP contribution in [0.1, 0.15) is 5.56 Å². The Kier molecular flexibility index (Phi) is 3.29. The van der Waals surface area contributed by atoms with Gasteiger partial charge in [0.25, 0.3) is 10.0 Å². The predicted molar refractivity (Wildman–Crippen MR) is 74.9 cm³/mol. The molecule has 1 aliphatic rings. The van der Waals surface area contributed by atoms with E-state index in [1.54, 1.807) is 6.07 Å². The van der Waals surface area contributed by atoms with Crippen molar-refractivity contribution in [3.63, 3.8) is 0 Å². The summed E-state index contributed by atoms with van der Waals surface area (Å²) in [7, 11) is -3.87. The number of hydrogen-bond donors (Lipinski definition) is 0. The first-order valence-corrected chi connectivity index (χ1v) is 7.88. The standard InChI is InChI=1S/C13H6BrF2NO3S/c14-7-5-9(15)12(16)10(6-7)20-13-8-3-1-2-4-11(8)21(18,19)17-13/h1-6H. The molecule has 0 radical (unpaired) electrons. The van der Waals surface area contributed by atoms with Gasteiger partial charge in [0.2, 0.25) is 11.7 Å². The van der Waals surface area contributed by atoms with Gasteiger partial charge in [0.1, 0.15) is 4.90 Å². The Balaban J connectivity index is 2.09. The lowest BCUT2D eigenvalue weighted by molar-refractivity contribution is 0.447. The molecule has 2 aromatic rings. The minimum absolute atomic E-state index is 0.0316. The molecule has 0 spiro atoms. The molecule has 0 unspecified atom stereocenters. The molecule has 108 valence electrons. The van der Waals surface area contributed by atoms with E-state index in [9.17, 15) is 17.2 Å². The normalized spacial score (nSPS) is 15.5. The molecule has 4 nitrogen and oxygen atoms in total. The first kappa shape index (κ1) is 14.2. The van der Waals surface area contributed by atoms with Gasteiger partial charge >= 0.3 is 0 Å². The molecule has 0 amide bonds. The van der Waals surface area contributed by atoms with Crippen molar-refractivity contribution < 1.29 is 21.9 Å². The smallest absolute Gasteiger partial charge is 0.286 e. The van der Waals surface area contributed by atoms with Gasteiger partial charge in [-0.2, -0.15) is 12.8 Å². The summed E-state index contributed by atoms with van der Waals surface area (Å²) < 4.78 is 59.5. The second-order valence-corrected chi connectivity index (χ2v) is 6.66. The molecule has 21 heavy (non-hydrogen) atoms. The van der Waals surface area contributed by atoms with Crippen LogP contribution in [0.5, 0.6) is 5.75 Å². The Morgan fingerprint density at radius 3 is 2.62 bits per heavy atom. The Bertz CT molecular complexity index is 881. The van der Waals surface area contributed by atoms with Gasteiger partial charge in [-0.1, -0.05) is 28.1 Å². The Hall–Kier alpha value is -1.80. The maximum Gasteiger partial charge on any atom is 0.286 e. The molecule has 0 N–H and O–H groups in total. The molecule has 2 aromatic carbocycles. The molecule has 0 fully saturated rings. The fraction of sp³-hybridized carbons (Fsp3) is 0. The SMILES string of the molecule is O=S1(=O)N=C(Oc2cc(Br)cc(F)c2F)c2ccccc21. The lowest BCUT2D eigenvalue weighted by atomic mass is 10.2. The lowest BCUT2D eigenvalue weighted by Crippen LogP contribution is -2.09. The van der Waals surface area contributed by atoms with Crippen LogP contribution in [0.2, 0.25) is 0 Å². The number of hydrogen-bond acceptors (Lipinski definition) is 3. The van der Waals surface area contributed by atoms with Gasteiger partial charge in [-0.05, 0) is 24.3 Å². The zero-order valence-electron chi connectivity index (χ0n) is 10.2. The van der Waals surface area contributed by atoms with Crippen LogP contribution in [0.15, 0.2) is 50.2 Å². The van der Waals surface area contributed by atoms with Gasteiger partial charge in [-0.3, -0.25) is 0 Å². The summed E-state index contributed by atoms with van der Waals surface area (Å²) in [4.78, 5) is -0.0316. The highest BCUT2D eigenvalue weighted by Crippen LogP contribution is 2.30. The lowest BCUT2D eigenvalue weighted by Gasteiger charge is -2.07. The zero-order valence-corrected chi connectivity index (χ0v) is 12.6. The van der Waals surface area contributed by atoms with Crippen LogP contribution in [0.4, 0.5) is 8.78 Å². The minimum Gasteiger partial charge on any atom is -0.434 e. The van der Waals surface area contributed by atoms with Crippen molar-refractivity contribution in [2.24, 2.45) is 4.40 Å². The van der Waals surface area contributed by atoms with E-state index in [0.717, 1.165) is 6.07 Å². The number of sulfonamides is 1. The highest BCUT2D eigenvalue weighted by molar-refractivity contribution is 9.10. The Labute approximate surface area is 127 Å². The van der Waals surface area contributed by atoms with Crippen LogP contribution in [-0.2, 0) is 10.0 Å². The van der Waals surface area contributed by atoms with Crippen LogP contribution in [0.25, 0.3) is 0 Å². The topological polar surface area (TPSA) is 55.7 Å². The third-order valence-corrected chi connectivity index (χ3v) is 4.54. The van der Waals surface area contributed by atoms with Crippen molar-refractivity contribution in [1.82, 2.24) is 0 Å². The number of benzene rings is 2. The molecule has 0 aromatic heterocycles. The molecule has 8 heteroatoms. The molecule has 0 bridgehead atoms. The van der Waals surface area contributed by atoms with Crippen molar-refractivity contribution in [3.8, 4) is 5.75 Å². The second-order valence-electron chi connectivity index (χ2n) is 4.17. The predicted octanol–water partition coefficient (Wildman–Crippen LogP) is 3.26. The van der Waals surface area contributed by atoms with E-state index in [2.05, 4.69) is 20.3 Å². The van der Waals surface area contributed by atoms with Crippen LogP contribution >= 0.6 is 15.9 Å². The fourth-order valence-corrected chi connectivity index (χ4v) is 3.41. The van der Waals surface area contributed by atoms with Crippen molar-refractivity contribution in [1.29, 1.82) is 0 Å². The number of rotatable bonds is 1. The third-order valence-electron chi connectivity index (χ3n) is 2.76. The van der Waals surface area contributed by atoms with E-state index in [-0.39, 0.29) is 20.8 Å². The van der Waals surface area contributed by atoms with E-state index in [1.165, 1.54) is 24.3 Å². The summed E-state index contributed by atoms with van der Waals surface area (Å²) in [5.74, 6) is -3.08. The Morgan fingerprint density at radius 2 is 1.86 bits per heavy atom. The summed E-state index contributed by atoms with van der Waals surface area (Å²) in [5, 5.41) is 0. The number of ether oxygens (including phenoxy) is 1. The molecule has 1 aliphatic heterocycles. The van der Waals surface area contributed by atoms with Crippen LogP contribution in [0.3, 0.4) is 0 Å². The van der Waals surface area contributed by atoms with E-state index in [1.807, 2.05) is 0 Å². The summed E-state index contributed by atoms with van der Waals surface area (Å²) in [6.45, 7) is 0. The fourth-order valence-electron chi connectivity index (χ4n) is 1.86. The maximum absolute atomic E-state index is 13.7. The van der Waals surface area contributed by atoms with E-state index in [0.29, 0.717) is 0 Å². The molecular formula is C13H6BrF2NO3S. The van der Waals surface area contributed by atoms with Gasteiger partial charge in [0.05, 0.1) is 5.56 Å². The third kappa shape index (κ3) is 2.44. The van der Waals surface area contributed by atoms with Crippen molar-refractivity contribution >= 4 is 31.9 Å². The Morgan fingerprint density at radius 1 is 1.14 bits per heavy atom. The van der Waals surface area contributed by atoms with Gasteiger partial charge < -0.3 is 4.74 Å². The summed E-state index contributed by atoms with van der Waals surface area (Å²) in [6.07, 6.45) is 0. The zero-order chi connectivity index (χ0) is 15.2. The van der Waals surface area contributed by atoms with Gasteiger partial charge in [-0.25, -0.2) is 4.39 Å². The van der Waals surface area contributed by atoms with Crippen LogP contribution in [-0.4, -0.2) is 14.3 Å².